The van der Waals surface area contributed by atoms with Gasteiger partial charge in [0.1, 0.15) is 6.61 Å². The largest absolute Gasteiger partial charge is 0.462 e. The average molecular weight is 751 g/mol. The number of hydrogen-bond donors (Lipinski definition) is 1. The van der Waals surface area contributed by atoms with E-state index in [1.54, 1.807) is 0 Å². The van der Waals surface area contributed by atoms with Crippen LogP contribution >= 0.6 is 0 Å². The Labute approximate surface area is 331 Å². The molecule has 0 rings (SSSR count). The molecule has 0 saturated carbocycles. The normalized spacial score (nSPS) is 12.0. The number of ether oxygens (including phenoxy) is 2. The Morgan fingerprint density at radius 1 is 0.358 bits per heavy atom. The molecule has 0 aromatic rings. The zero-order chi connectivity index (χ0) is 38.6. The lowest BCUT2D eigenvalue weighted by atomic mass is 10.0. The first-order chi connectivity index (χ1) is 26.1. The smallest absolute Gasteiger partial charge is 0.306 e. The summed E-state index contributed by atoms with van der Waals surface area (Å²) in [7, 11) is 0. The molecule has 1 unspecified atom stereocenters. The third kappa shape index (κ3) is 43.5. The summed E-state index contributed by atoms with van der Waals surface area (Å²) in [5, 5.41) is 9.60. The van der Waals surface area contributed by atoms with Gasteiger partial charge in [-0.15, -0.1) is 0 Å². The summed E-state index contributed by atoms with van der Waals surface area (Å²) < 4.78 is 10.7. The Hall–Kier alpha value is -1.10. The zero-order valence-corrected chi connectivity index (χ0v) is 36.1. The number of carbonyl (C=O) groups excluding carboxylic acids is 2. The number of aliphatic hydroxyl groups excluding tert-OH is 1. The number of unbranched alkanes of at least 4 members (excludes halogenated alkanes) is 37. The minimum absolute atomic E-state index is 0.0561. The second-order valence-corrected chi connectivity index (χ2v) is 16.6. The van der Waals surface area contributed by atoms with Crippen molar-refractivity contribution in [3.63, 3.8) is 0 Å². The predicted molar refractivity (Wildman–Crippen MR) is 229 cm³/mol. The van der Waals surface area contributed by atoms with E-state index in [-0.39, 0.29) is 25.2 Å². The maximum absolute atomic E-state index is 12.2. The van der Waals surface area contributed by atoms with Crippen LogP contribution in [0, 0.1) is 0 Å². The van der Waals surface area contributed by atoms with E-state index < -0.39 is 6.10 Å². The van der Waals surface area contributed by atoms with Crippen molar-refractivity contribution in [3.8, 4) is 0 Å². The van der Waals surface area contributed by atoms with Gasteiger partial charge in [0.15, 0.2) is 6.10 Å². The van der Waals surface area contributed by atoms with Gasteiger partial charge in [0.25, 0.3) is 0 Å². The quantitative estimate of drug-likeness (QED) is 0.0495. The van der Waals surface area contributed by atoms with Crippen molar-refractivity contribution in [2.75, 3.05) is 13.2 Å². The van der Waals surface area contributed by atoms with Crippen molar-refractivity contribution < 1.29 is 24.2 Å². The molecule has 0 saturated heterocycles. The highest BCUT2D eigenvalue weighted by Crippen LogP contribution is 2.17. The number of rotatable bonds is 45. The molecule has 0 amide bonds. The first kappa shape index (κ1) is 51.9. The van der Waals surface area contributed by atoms with E-state index in [4.69, 9.17) is 9.47 Å². The second kappa shape index (κ2) is 45.3. The fourth-order valence-electron chi connectivity index (χ4n) is 7.50. The summed E-state index contributed by atoms with van der Waals surface area (Å²) in [6.45, 7) is 4.19. The van der Waals surface area contributed by atoms with Crippen LogP contribution in [0.2, 0.25) is 0 Å². The monoisotopic (exact) mass is 751 g/mol. The maximum Gasteiger partial charge on any atom is 0.306 e. The van der Waals surface area contributed by atoms with Crippen LogP contribution in [0.5, 0.6) is 0 Å². The molecule has 5 nitrogen and oxygen atoms in total. The molecular weight excluding hydrogens is 657 g/mol. The van der Waals surface area contributed by atoms with Crippen LogP contribution < -0.4 is 0 Å². The van der Waals surface area contributed by atoms with E-state index in [2.05, 4.69) is 13.8 Å². The highest BCUT2D eigenvalue weighted by Gasteiger charge is 2.16. The third-order valence-corrected chi connectivity index (χ3v) is 11.2. The number of aliphatic hydroxyl groups is 1. The standard InChI is InChI=1S/C48H94O5/c1-3-5-7-9-11-13-15-17-19-21-23-25-27-29-31-33-35-37-39-41-43-48(51)53-46(44-49)45-52-47(50)42-40-38-36-34-32-30-28-26-24-22-20-18-16-14-12-10-8-6-4-2/h46,49H,3-45H2,1-2H3. The summed E-state index contributed by atoms with van der Waals surface area (Å²) in [4.78, 5) is 24.4. The summed E-state index contributed by atoms with van der Waals surface area (Å²) in [6, 6.07) is 0. The Bertz CT molecular complexity index is 725. The van der Waals surface area contributed by atoms with Crippen molar-refractivity contribution in [1.29, 1.82) is 0 Å². The number of carbonyl (C=O) groups is 2. The Kier molecular flexibility index (Phi) is 44.4. The molecule has 316 valence electrons. The van der Waals surface area contributed by atoms with E-state index in [9.17, 15) is 14.7 Å². The van der Waals surface area contributed by atoms with E-state index >= 15 is 0 Å². The molecule has 0 aliphatic rings. The van der Waals surface area contributed by atoms with Gasteiger partial charge >= 0.3 is 11.9 Å². The van der Waals surface area contributed by atoms with Gasteiger partial charge in [0.05, 0.1) is 6.61 Å². The van der Waals surface area contributed by atoms with Crippen molar-refractivity contribution in [2.24, 2.45) is 0 Å². The SMILES string of the molecule is CCCCCCCCCCCCCCCCCCCCCCC(=O)OC(CO)COC(=O)CCCCCCCCCCCCCCCCCCCCC. The van der Waals surface area contributed by atoms with Crippen LogP contribution in [0.1, 0.15) is 277 Å². The number of hydrogen-bond acceptors (Lipinski definition) is 5. The van der Waals surface area contributed by atoms with Gasteiger partial charge < -0.3 is 14.6 Å². The molecule has 0 aromatic carbocycles. The Balaban J connectivity index is 3.44. The second-order valence-electron chi connectivity index (χ2n) is 16.6. The Morgan fingerprint density at radius 2 is 0.585 bits per heavy atom. The van der Waals surface area contributed by atoms with Gasteiger partial charge in [-0.25, -0.2) is 0 Å². The predicted octanol–water partition coefficient (Wildman–Crippen LogP) is 15.5. The average Bonchev–Trinajstić information content (AvgIpc) is 3.16. The molecule has 0 heterocycles. The van der Waals surface area contributed by atoms with Crippen LogP contribution in [0.15, 0.2) is 0 Å². The van der Waals surface area contributed by atoms with Crippen LogP contribution in [0.3, 0.4) is 0 Å². The zero-order valence-electron chi connectivity index (χ0n) is 36.1. The molecule has 0 bridgehead atoms. The van der Waals surface area contributed by atoms with Crippen LogP contribution in [-0.4, -0.2) is 36.4 Å². The summed E-state index contributed by atoms with van der Waals surface area (Å²) in [6.07, 6.45) is 51.9. The Morgan fingerprint density at radius 3 is 0.830 bits per heavy atom. The highest BCUT2D eigenvalue weighted by atomic mass is 16.6. The summed E-state index contributed by atoms with van der Waals surface area (Å²) >= 11 is 0. The molecule has 0 spiro atoms. The molecule has 0 radical (unpaired) electrons. The van der Waals surface area contributed by atoms with Crippen molar-refractivity contribution >= 4 is 11.9 Å². The lowest BCUT2D eigenvalue weighted by Gasteiger charge is -2.15. The molecule has 0 aliphatic heterocycles. The first-order valence-electron chi connectivity index (χ1n) is 24.1. The van der Waals surface area contributed by atoms with Crippen molar-refractivity contribution in [1.82, 2.24) is 0 Å². The molecule has 0 fully saturated rings. The van der Waals surface area contributed by atoms with Crippen LogP contribution in [0.4, 0.5) is 0 Å². The minimum Gasteiger partial charge on any atom is -0.462 e. The van der Waals surface area contributed by atoms with Gasteiger partial charge in [0.2, 0.25) is 0 Å². The third-order valence-electron chi connectivity index (χ3n) is 11.2. The van der Waals surface area contributed by atoms with Gasteiger partial charge in [-0.1, -0.05) is 251 Å². The lowest BCUT2D eigenvalue weighted by molar-refractivity contribution is -0.161. The van der Waals surface area contributed by atoms with Gasteiger partial charge in [-0.3, -0.25) is 9.59 Å². The van der Waals surface area contributed by atoms with E-state index in [1.165, 1.54) is 218 Å². The van der Waals surface area contributed by atoms with Gasteiger partial charge in [-0.05, 0) is 12.8 Å². The van der Waals surface area contributed by atoms with Crippen LogP contribution in [0.25, 0.3) is 0 Å². The van der Waals surface area contributed by atoms with E-state index in [1.807, 2.05) is 0 Å². The number of esters is 2. The highest BCUT2D eigenvalue weighted by molar-refractivity contribution is 5.70. The molecular formula is C48H94O5. The molecule has 0 aliphatic carbocycles. The van der Waals surface area contributed by atoms with Crippen molar-refractivity contribution in [3.05, 3.63) is 0 Å². The van der Waals surface area contributed by atoms with Crippen molar-refractivity contribution in [2.45, 2.75) is 283 Å². The lowest BCUT2D eigenvalue weighted by Crippen LogP contribution is -2.28. The fraction of sp³-hybridized carbons (Fsp3) is 0.958. The molecule has 1 N–H and O–H groups in total. The minimum atomic E-state index is -0.762. The van der Waals surface area contributed by atoms with Gasteiger partial charge in [-0.2, -0.15) is 0 Å². The molecule has 53 heavy (non-hydrogen) atoms. The van der Waals surface area contributed by atoms with Crippen LogP contribution in [-0.2, 0) is 19.1 Å². The maximum atomic E-state index is 12.2. The topological polar surface area (TPSA) is 72.8 Å². The first-order valence-corrected chi connectivity index (χ1v) is 24.1. The summed E-state index contributed by atoms with van der Waals surface area (Å²) in [5.41, 5.74) is 0. The molecule has 5 heteroatoms. The van der Waals surface area contributed by atoms with Gasteiger partial charge in [0, 0.05) is 12.8 Å². The summed E-state index contributed by atoms with van der Waals surface area (Å²) in [5.74, 6) is -0.568. The van der Waals surface area contributed by atoms with E-state index in [0.717, 1.165) is 32.1 Å². The fourth-order valence-corrected chi connectivity index (χ4v) is 7.50. The molecule has 1 atom stereocenters. The van der Waals surface area contributed by atoms with E-state index in [0.29, 0.717) is 12.8 Å². The molecule has 0 aromatic heterocycles.